The summed E-state index contributed by atoms with van der Waals surface area (Å²) in [6.45, 7) is 15.4. The minimum absolute atomic E-state index is 0.101. The Morgan fingerprint density at radius 3 is 1.41 bits per heavy atom. The minimum Gasteiger partial charge on any atom is -0.496 e. The second kappa shape index (κ2) is 18.4. The number of rotatable bonds is 11. The molecule has 0 atom stereocenters. The zero-order chi connectivity index (χ0) is 45.1. The van der Waals surface area contributed by atoms with Crippen molar-refractivity contribution < 1.29 is 32.8 Å². The zero-order valence-corrected chi connectivity index (χ0v) is 37.5. The summed E-state index contributed by atoms with van der Waals surface area (Å²) in [5.74, 6) is 1.78. The summed E-state index contributed by atoms with van der Waals surface area (Å²) in [5, 5.41) is 16.9. The van der Waals surface area contributed by atoms with E-state index in [0.29, 0.717) is 23.9 Å². The molecule has 0 fully saturated rings. The Kier molecular flexibility index (Phi) is 13.0. The molecular weight excluding hydrogens is 795 g/mol. The van der Waals surface area contributed by atoms with Crippen molar-refractivity contribution in [2.45, 2.75) is 79.4 Å². The van der Waals surface area contributed by atoms with Crippen molar-refractivity contribution in [3.05, 3.63) is 166 Å². The number of hydrogen-bond acceptors (Lipinski definition) is 7. The van der Waals surface area contributed by atoms with Crippen LogP contribution in [0.1, 0.15) is 74.9 Å². The Morgan fingerprint density at radius 2 is 0.952 bits per heavy atom. The molecule has 2 aliphatic rings. The van der Waals surface area contributed by atoms with Crippen molar-refractivity contribution in [2.24, 2.45) is 0 Å². The third-order valence-electron chi connectivity index (χ3n) is 11.4. The van der Waals surface area contributed by atoms with Crippen molar-refractivity contribution in [3.63, 3.8) is 0 Å². The van der Waals surface area contributed by atoms with Gasteiger partial charge in [-0.3, -0.25) is 0 Å². The molecule has 0 radical (unpaired) electrons. The van der Waals surface area contributed by atoms with Gasteiger partial charge in [-0.2, -0.15) is 0 Å². The van der Waals surface area contributed by atoms with Gasteiger partial charge in [0.25, 0.3) is 0 Å². The van der Waals surface area contributed by atoms with E-state index in [-0.39, 0.29) is 35.9 Å². The lowest BCUT2D eigenvalue weighted by molar-refractivity contribution is 0.259. The zero-order valence-electron chi connectivity index (χ0n) is 37.5. The van der Waals surface area contributed by atoms with Gasteiger partial charge in [-0.1, -0.05) is 60.7 Å². The summed E-state index contributed by atoms with van der Waals surface area (Å²) in [7, 11) is 3.11. The number of nitrogens with one attached hydrogen (secondary N) is 2. The van der Waals surface area contributed by atoms with Crippen LogP contribution in [0.15, 0.2) is 121 Å². The summed E-state index contributed by atoms with van der Waals surface area (Å²) in [6.07, 6.45) is 4.43. The van der Waals surface area contributed by atoms with Crippen LogP contribution in [0.3, 0.4) is 0 Å². The molecule has 0 saturated carbocycles. The first-order chi connectivity index (χ1) is 30.1. The van der Waals surface area contributed by atoms with Gasteiger partial charge in [0.15, 0.2) is 0 Å². The van der Waals surface area contributed by atoms with Crippen LogP contribution < -0.4 is 29.6 Å². The normalized spacial score (nSPS) is 14.3. The van der Waals surface area contributed by atoms with E-state index >= 15 is 0 Å². The molecule has 0 aliphatic carbocycles. The van der Waals surface area contributed by atoms with E-state index in [1.165, 1.54) is 29.8 Å². The largest absolute Gasteiger partial charge is 0.496 e. The number of ether oxygens (including phenoxy) is 4. The molecule has 6 aromatic carbocycles. The van der Waals surface area contributed by atoms with E-state index < -0.39 is 0 Å². The standard InChI is InChI=1S/C27H28FNO3.C27H28FNO2/c1-17-14-27(2,3)29-23-12-11-20(21-10-9-19(28)13-25(21)31-4)22(26(17)23)16-32-24-8-6-5-7-18(24)15-30;1-17-8-6-7-9-24(17)31-16-22-20(21-11-10-19(28)14-25(21)30-5)12-13-23-26(22)18(2)15-27(3,4)29-23/h5-14,29-30H,15-16H2,1-4H3;6-15,29H,16H2,1-5H3. The van der Waals surface area contributed by atoms with Crippen molar-refractivity contribution >= 4 is 22.5 Å². The smallest absolute Gasteiger partial charge is 0.129 e. The number of anilines is 2. The third-order valence-corrected chi connectivity index (χ3v) is 11.4. The minimum atomic E-state index is -0.349. The number of benzene rings is 6. The van der Waals surface area contributed by atoms with Gasteiger partial charge in [-0.25, -0.2) is 8.78 Å². The fourth-order valence-corrected chi connectivity index (χ4v) is 8.77. The van der Waals surface area contributed by atoms with Crippen molar-refractivity contribution in [3.8, 4) is 45.3 Å². The van der Waals surface area contributed by atoms with Gasteiger partial charge in [-0.05, 0) is 125 Å². The maximum atomic E-state index is 13.9. The molecule has 6 aromatic rings. The van der Waals surface area contributed by atoms with Gasteiger partial charge in [0.1, 0.15) is 47.8 Å². The van der Waals surface area contributed by atoms with Crippen molar-refractivity contribution in [2.75, 3.05) is 24.9 Å². The highest BCUT2D eigenvalue weighted by atomic mass is 19.1. The Bertz CT molecular complexity index is 2720. The fourth-order valence-electron chi connectivity index (χ4n) is 8.77. The maximum absolute atomic E-state index is 13.9. The number of methoxy groups -OCH3 is 2. The lowest BCUT2D eigenvalue weighted by Gasteiger charge is -2.33. The van der Waals surface area contributed by atoms with E-state index in [1.54, 1.807) is 26.4 Å². The van der Waals surface area contributed by atoms with E-state index in [1.807, 2.05) is 61.5 Å². The van der Waals surface area contributed by atoms with Crippen LogP contribution in [0.2, 0.25) is 0 Å². The highest BCUT2D eigenvalue weighted by Gasteiger charge is 2.29. The van der Waals surface area contributed by atoms with Crippen molar-refractivity contribution in [1.82, 2.24) is 0 Å². The summed E-state index contributed by atoms with van der Waals surface area (Å²) in [6, 6.07) is 32.9. The average Bonchev–Trinajstić information content (AvgIpc) is 3.24. The van der Waals surface area contributed by atoms with Gasteiger partial charge in [0.2, 0.25) is 0 Å². The molecule has 0 unspecified atom stereocenters. The summed E-state index contributed by atoms with van der Waals surface area (Å²) in [5.41, 5.74) is 13.6. The summed E-state index contributed by atoms with van der Waals surface area (Å²) in [4.78, 5) is 0. The van der Waals surface area contributed by atoms with Crippen LogP contribution in [0.4, 0.5) is 20.2 Å². The number of allylic oxidation sites excluding steroid dienone is 2. The number of halogens is 2. The lowest BCUT2D eigenvalue weighted by Crippen LogP contribution is -2.32. The highest BCUT2D eigenvalue weighted by molar-refractivity contribution is 5.90. The monoisotopic (exact) mass is 850 g/mol. The quantitative estimate of drug-likeness (QED) is 0.120. The molecule has 2 heterocycles. The third kappa shape index (κ3) is 9.74. The molecule has 8 rings (SSSR count). The first-order valence-corrected chi connectivity index (χ1v) is 21.1. The molecule has 3 N–H and O–H groups in total. The number of fused-ring (bicyclic) bond motifs is 2. The number of para-hydroxylation sites is 2. The number of aliphatic hydroxyl groups is 1. The Hall–Kier alpha value is -6.58. The van der Waals surface area contributed by atoms with Gasteiger partial charge in [0.05, 0.1) is 31.9 Å². The summed E-state index contributed by atoms with van der Waals surface area (Å²) < 4.78 is 51.2. The topological polar surface area (TPSA) is 81.2 Å². The van der Waals surface area contributed by atoms with Crippen LogP contribution in [0.25, 0.3) is 33.4 Å². The number of hydrogen-bond donors (Lipinski definition) is 3. The lowest BCUT2D eigenvalue weighted by atomic mass is 9.85. The second-order valence-electron chi connectivity index (χ2n) is 17.2. The SMILES string of the molecule is COc1cc(F)ccc1-c1ccc2c(c1COc1ccccc1C)C(C)=CC(C)(C)N2.COc1cc(F)ccc1-c1ccc2c(c1COc1ccccc1CO)C(C)=CC(C)(C)N2. The van der Waals surface area contributed by atoms with E-state index in [9.17, 15) is 13.9 Å². The molecule has 7 nitrogen and oxygen atoms in total. The molecule has 0 saturated heterocycles. The first-order valence-electron chi connectivity index (χ1n) is 21.1. The van der Waals surface area contributed by atoms with Crippen LogP contribution in [0.5, 0.6) is 23.0 Å². The average molecular weight is 851 g/mol. The van der Waals surface area contributed by atoms with Crippen LogP contribution in [-0.2, 0) is 19.8 Å². The molecule has 326 valence electrons. The van der Waals surface area contributed by atoms with Crippen molar-refractivity contribution in [1.29, 1.82) is 0 Å². The van der Waals surface area contributed by atoms with E-state index in [4.69, 9.17) is 18.9 Å². The predicted octanol–water partition coefficient (Wildman–Crippen LogP) is 13.2. The Labute approximate surface area is 370 Å². The molecule has 63 heavy (non-hydrogen) atoms. The molecular formula is C54H56F2N2O5. The van der Waals surface area contributed by atoms with Crippen LogP contribution >= 0.6 is 0 Å². The Morgan fingerprint density at radius 1 is 0.524 bits per heavy atom. The first kappa shape index (κ1) is 44.5. The fraction of sp³-hybridized carbons (Fsp3) is 0.259. The highest BCUT2D eigenvalue weighted by Crippen LogP contribution is 2.45. The van der Waals surface area contributed by atoms with E-state index in [2.05, 4.69) is 82.5 Å². The Balaban J connectivity index is 0.000000189. The summed E-state index contributed by atoms with van der Waals surface area (Å²) >= 11 is 0. The molecule has 0 aromatic heterocycles. The van der Waals surface area contributed by atoms with Gasteiger partial charge in [-0.15, -0.1) is 0 Å². The number of aryl methyl sites for hydroxylation is 1. The van der Waals surface area contributed by atoms with Crippen LogP contribution in [-0.4, -0.2) is 30.4 Å². The molecule has 0 amide bonds. The molecule has 9 heteroatoms. The van der Waals surface area contributed by atoms with Gasteiger partial charge < -0.3 is 34.7 Å². The van der Waals surface area contributed by atoms with Gasteiger partial charge in [0, 0.05) is 62.5 Å². The van der Waals surface area contributed by atoms with Crippen LogP contribution in [0, 0.1) is 18.6 Å². The van der Waals surface area contributed by atoms with Gasteiger partial charge >= 0.3 is 0 Å². The molecule has 0 spiro atoms. The second-order valence-corrected chi connectivity index (χ2v) is 17.2. The molecule has 2 aliphatic heterocycles. The molecule has 0 bridgehead atoms. The van der Waals surface area contributed by atoms with E-state index in [0.717, 1.165) is 78.3 Å². The maximum Gasteiger partial charge on any atom is 0.129 e. The number of aliphatic hydroxyl groups excluding tert-OH is 1. The predicted molar refractivity (Wildman–Crippen MR) is 252 cm³/mol.